The van der Waals surface area contributed by atoms with Gasteiger partial charge in [-0.25, -0.2) is 4.98 Å². The number of anilines is 1. The number of amides is 1. The molecule has 0 saturated heterocycles. The van der Waals surface area contributed by atoms with Crippen molar-refractivity contribution in [1.82, 2.24) is 19.4 Å². The minimum Gasteiger partial charge on any atom is -0.491 e. The number of nitrogens with one attached hydrogen (secondary N) is 1. The Hall–Kier alpha value is -2.63. The first-order chi connectivity index (χ1) is 15.5. The van der Waals surface area contributed by atoms with E-state index >= 15 is 0 Å². The second-order valence-electron chi connectivity index (χ2n) is 8.73. The molecule has 1 amide bonds. The molecule has 11 heteroatoms. The van der Waals surface area contributed by atoms with E-state index in [4.69, 9.17) is 9.47 Å². The maximum absolute atomic E-state index is 13.3. The summed E-state index contributed by atoms with van der Waals surface area (Å²) in [5, 5.41) is -0.105. The predicted octanol–water partition coefficient (Wildman–Crippen LogP) is 1.66. The molecule has 2 heterocycles. The van der Waals surface area contributed by atoms with Gasteiger partial charge < -0.3 is 18.9 Å². The Morgan fingerprint density at radius 3 is 2.55 bits per heavy atom. The molecule has 33 heavy (non-hydrogen) atoms. The number of methoxy groups -OCH3 is 1. The molecule has 182 valence electrons. The van der Waals surface area contributed by atoms with Crippen molar-refractivity contribution in [2.45, 2.75) is 31.0 Å². The highest BCUT2D eigenvalue weighted by Crippen LogP contribution is 2.27. The lowest BCUT2D eigenvalue weighted by Crippen LogP contribution is -2.45. The second kappa shape index (κ2) is 10.1. The largest absolute Gasteiger partial charge is 0.491 e. The van der Waals surface area contributed by atoms with E-state index in [1.807, 2.05) is 7.05 Å². The van der Waals surface area contributed by atoms with Crippen molar-refractivity contribution in [2.75, 3.05) is 45.6 Å². The fraction of sp³-hybridized carbons (Fsp3) is 0.545. The van der Waals surface area contributed by atoms with Gasteiger partial charge in [0.25, 0.3) is 15.9 Å². The minimum atomic E-state index is -3.90. The number of rotatable bonds is 4. The van der Waals surface area contributed by atoms with Crippen molar-refractivity contribution in [3.8, 4) is 5.75 Å². The van der Waals surface area contributed by atoms with E-state index in [1.54, 1.807) is 42.8 Å². The monoisotopic (exact) mass is 479 g/mol. The molecule has 1 aliphatic heterocycles. The van der Waals surface area contributed by atoms with Crippen molar-refractivity contribution in [2.24, 2.45) is 13.0 Å². The lowest BCUT2D eigenvalue weighted by atomic mass is 10.0. The number of likely N-dealkylation sites (N-methyl/N-ethyl adjacent to an activating group) is 2. The van der Waals surface area contributed by atoms with E-state index in [0.717, 1.165) is 6.54 Å². The number of hydrogen-bond donors (Lipinski definition) is 1. The van der Waals surface area contributed by atoms with Gasteiger partial charge in [0.15, 0.2) is 5.03 Å². The molecule has 1 aromatic heterocycles. The molecule has 0 saturated carbocycles. The molecule has 0 spiro atoms. The normalized spacial score (nSPS) is 23.3. The Morgan fingerprint density at radius 2 is 1.91 bits per heavy atom. The van der Waals surface area contributed by atoms with E-state index in [2.05, 4.69) is 28.5 Å². The van der Waals surface area contributed by atoms with Crippen LogP contribution in [0.3, 0.4) is 0 Å². The SMILES string of the molecule is CO[C@@H]1CN(C)C(=O)c2cc(NS(=O)(=O)c3cn(C)cn3)ccc2OC[C@H](C)N(C)C[C@H]1C. The van der Waals surface area contributed by atoms with E-state index in [-0.39, 0.29) is 40.2 Å². The lowest BCUT2D eigenvalue weighted by molar-refractivity contribution is 0.0150. The van der Waals surface area contributed by atoms with Crippen LogP contribution in [0.5, 0.6) is 5.75 Å². The number of hydrogen-bond acceptors (Lipinski definition) is 7. The molecule has 1 aromatic carbocycles. The van der Waals surface area contributed by atoms with Gasteiger partial charge in [0.1, 0.15) is 12.4 Å². The highest BCUT2D eigenvalue weighted by atomic mass is 32.2. The van der Waals surface area contributed by atoms with Crippen molar-refractivity contribution in [3.63, 3.8) is 0 Å². The standard InChI is InChI=1S/C22H33N5O5S/c1-15-10-26(4)16(2)13-32-19-8-7-17(24-33(29,30)21-12-25(3)14-23-21)9-18(19)22(28)27(5)11-20(15)31-6/h7-9,12,14-16,20,24H,10-11,13H2,1-6H3/t15-,16+,20-/m1/s1. The summed E-state index contributed by atoms with van der Waals surface area (Å²) in [5.41, 5.74) is 0.523. The molecule has 0 bridgehead atoms. The van der Waals surface area contributed by atoms with Crippen molar-refractivity contribution in [3.05, 3.63) is 36.3 Å². The Bertz CT molecular complexity index is 1090. The summed E-state index contributed by atoms with van der Waals surface area (Å²) in [6, 6.07) is 4.80. The number of carbonyl (C=O) groups is 1. The summed E-state index contributed by atoms with van der Waals surface area (Å²) < 4.78 is 41.1. The third kappa shape index (κ3) is 5.84. The van der Waals surface area contributed by atoms with Gasteiger partial charge in [0.05, 0.1) is 18.0 Å². The summed E-state index contributed by atoms with van der Waals surface area (Å²) >= 11 is 0. The topological polar surface area (TPSA) is 106 Å². The molecule has 0 aliphatic carbocycles. The number of sulfonamides is 1. The molecular formula is C22H33N5O5S. The van der Waals surface area contributed by atoms with E-state index < -0.39 is 10.0 Å². The zero-order chi connectivity index (χ0) is 24.3. The summed E-state index contributed by atoms with van der Waals surface area (Å²) in [5.74, 6) is 0.309. The number of nitrogens with zero attached hydrogens (tertiary/aromatic N) is 4. The first-order valence-corrected chi connectivity index (χ1v) is 12.3. The van der Waals surface area contributed by atoms with Crippen LogP contribution in [0.4, 0.5) is 5.69 Å². The number of fused-ring (bicyclic) bond motifs is 1. The van der Waals surface area contributed by atoms with Gasteiger partial charge in [0, 0.05) is 52.2 Å². The quantitative estimate of drug-likeness (QED) is 0.711. The number of carbonyl (C=O) groups excluding carboxylic acids is 1. The highest BCUT2D eigenvalue weighted by Gasteiger charge is 2.27. The Morgan fingerprint density at radius 1 is 1.18 bits per heavy atom. The number of imidazole rings is 1. The number of aryl methyl sites for hydroxylation is 1. The number of aromatic nitrogens is 2. The average Bonchev–Trinajstić information content (AvgIpc) is 3.21. The molecule has 3 rings (SSSR count). The van der Waals surface area contributed by atoms with Crippen LogP contribution in [0.15, 0.2) is 35.7 Å². The molecule has 10 nitrogen and oxygen atoms in total. The maximum atomic E-state index is 13.3. The summed E-state index contributed by atoms with van der Waals surface area (Å²) in [6.07, 6.45) is 2.66. The smallest absolute Gasteiger partial charge is 0.280 e. The number of benzene rings is 1. The lowest BCUT2D eigenvalue weighted by Gasteiger charge is -2.34. The van der Waals surface area contributed by atoms with Crippen LogP contribution in [-0.2, 0) is 21.8 Å². The predicted molar refractivity (Wildman–Crippen MR) is 125 cm³/mol. The van der Waals surface area contributed by atoms with Crippen LogP contribution in [0.1, 0.15) is 24.2 Å². The Labute approximate surface area is 195 Å². The third-order valence-electron chi connectivity index (χ3n) is 5.97. The van der Waals surface area contributed by atoms with Crippen LogP contribution in [0.2, 0.25) is 0 Å². The molecule has 2 aromatic rings. The van der Waals surface area contributed by atoms with Crippen LogP contribution in [0, 0.1) is 5.92 Å². The van der Waals surface area contributed by atoms with Gasteiger partial charge in [-0.15, -0.1) is 0 Å². The van der Waals surface area contributed by atoms with Gasteiger partial charge in [0.2, 0.25) is 0 Å². The van der Waals surface area contributed by atoms with Gasteiger partial charge >= 0.3 is 0 Å². The van der Waals surface area contributed by atoms with Gasteiger partial charge in [-0.2, -0.15) is 8.42 Å². The highest BCUT2D eigenvalue weighted by molar-refractivity contribution is 7.92. The third-order valence-corrected chi connectivity index (χ3v) is 7.23. The van der Waals surface area contributed by atoms with Crippen LogP contribution >= 0.6 is 0 Å². The molecule has 1 aliphatic rings. The summed E-state index contributed by atoms with van der Waals surface area (Å²) in [4.78, 5) is 21.0. The van der Waals surface area contributed by atoms with Gasteiger partial charge in [-0.3, -0.25) is 14.4 Å². The fourth-order valence-electron chi connectivity index (χ4n) is 3.76. The van der Waals surface area contributed by atoms with E-state index in [1.165, 1.54) is 18.6 Å². The zero-order valence-electron chi connectivity index (χ0n) is 20.0. The van der Waals surface area contributed by atoms with Crippen molar-refractivity contribution in [1.29, 1.82) is 0 Å². The Kier molecular flexibility index (Phi) is 7.65. The van der Waals surface area contributed by atoms with Gasteiger partial charge in [-0.1, -0.05) is 6.92 Å². The number of ether oxygens (including phenoxy) is 2. The first-order valence-electron chi connectivity index (χ1n) is 10.8. The van der Waals surface area contributed by atoms with Crippen LogP contribution in [0.25, 0.3) is 0 Å². The van der Waals surface area contributed by atoms with Crippen LogP contribution < -0.4 is 9.46 Å². The average molecular weight is 480 g/mol. The summed E-state index contributed by atoms with van der Waals surface area (Å²) in [7, 11) is 3.17. The minimum absolute atomic E-state index is 0.104. The molecule has 0 unspecified atom stereocenters. The fourth-order valence-corrected chi connectivity index (χ4v) is 4.79. The van der Waals surface area contributed by atoms with E-state index in [0.29, 0.717) is 18.9 Å². The maximum Gasteiger partial charge on any atom is 0.280 e. The molecule has 1 N–H and O–H groups in total. The molecular weight excluding hydrogens is 446 g/mol. The van der Waals surface area contributed by atoms with Crippen molar-refractivity contribution < 1.29 is 22.7 Å². The van der Waals surface area contributed by atoms with Gasteiger partial charge in [-0.05, 0) is 38.1 Å². The second-order valence-corrected chi connectivity index (χ2v) is 10.4. The Balaban J connectivity index is 1.95. The van der Waals surface area contributed by atoms with Crippen molar-refractivity contribution >= 4 is 21.6 Å². The molecule has 0 radical (unpaired) electrons. The van der Waals surface area contributed by atoms with E-state index in [9.17, 15) is 13.2 Å². The van der Waals surface area contributed by atoms with Crippen LogP contribution in [-0.4, -0.2) is 86.7 Å². The molecule has 0 fully saturated rings. The summed E-state index contributed by atoms with van der Waals surface area (Å²) in [6.45, 7) is 5.72. The molecule has 3 atom stereocenters. The zero-order valence-corrected chi connectivity index (χ0v) is 20.8. The first kappa shape index (κ1) is 25.0.